The number of halogens is 2. The molecule has 0 aliphatic carbocycles. The molecular weight excluding hydrogens is 331 g/mol. The van der Waals surface area contributed by atoms with Gasteiger partial charge in [-0.05, 0) is 43.7 Å². The lowest BCUT2D eigenvalue weighted by molar-refractivity contribution is 0.101. The molecule has 0 saturated heterocycles. The summed E-state index contributed by atoms with van der Waals surface area (Å²) in [5.41, 5.74) is 3.16. The molecule has 0 spiro atoms. The maximum Gasteiger partial charge on any atom is 0.272 e. The summed E-state index contributed by atoms with van der Waals surface area (Å²) >= 11 is 12.1. The predicted octanol–water partition coefficient (Wildman–Crippen LogP) is 5.53. The summed E-state index contributed by atoms with van der Waals surface area (Å²) in [6, 6.07) is 13.0. The second-order valence-electron chi connectivity index (χ2n) is 5.31. The minimum Gasteiger partial charge on any atom is -0.337 e. The number of nitrogens with zero attached hydrogens (tertiary/aromatic N) is 1. The van der Waals surface area contributed by atoms with Crippen molar-refractivity contribution in [3.8, 4) is 0 Å². The molecule has 1 amide bonds. The third-order valence-electron chi connectivity index (χ3n) is 3.93. The molecule has 3 rings (SSSR count). The second-order valence-corrected chi connectivity index (χ2v) is 6.16. The number of nitrogens with one attached hydrogen (secondary N) is 1. The Morgan fingerprint density at radius 1 is 1.17 bits per heavy atom. The lowest BCUT2D eigenvalue weighted by Gasteiger charge is -2.11. The fourth-order valence-electron chi connectivity index (χ4n) is 2.87. The number of benzene rings is 2. The highest BCUT2D eigenvalue weighted by atomic mass is 35.5. The molecule has 0 saturated carbocycles. The molecule has 1 aromatic heterocycles. The van der Waals surface area contributed by atoms with Crippen molar-refractivity contribution in [1.82, 2.24) is 4.57 Å². The number of aromatic nitrogens is 1. The smallest absolute Gasteiger partial charge is 0.272 e. The van der Waals surface area contributed by atoms with Gasteiger partial charge in [0.25, 0.3) is 5.91 Å². The molecule has 0 fully saturated rings. The first kappa shape index (κ1) is 15.9. The van der Waals surface area contributed by atoms with Gasteiger partial charge in [0.05, 0.1) is 10.7 Å². The number of hydrogen-bond donors (Lipinski definition) is 1. The molecule has 3 aromatic rings. The van der Waals surface area contributed by atoms with Gasteiger partial charge in [0.1, 0.15) is 5.69 Å². The number of carbonyl (C=O) groups excluding carboxylic acids is 1. The predicted molar refractivity (Wildman–Crippen MR) is 96.8 cm³/mol. The van der Waals surface area contributed by atoms with E-state index in [1.165, 1.54) is 0 Å². The van der Waals surface area contributed by atoms with Crippen molar-refractivity contribution in [2.45, 2.75) is 20.4 Å². The molecular formula is C18H16Cl2N2O. The molecule has 0 unspecified atom stereocenters. The normalized spacial score (nSPS) is 11.0. The maximum absolute atomic E-state index is 12.8. The van der Waals surface area contributed by atoms with E-state index in [0.29, 0.717) is 28.0 Å². The van der Waals surface area contributed by atoms with Gasteiger partial charge in [0.2, 0.25) is 0 Å². The van der Waals surface area contributed by atoms with E-state index in [1.807, 2.05) is 42.7 Å². The number of hydrogen-bond acceptors (Lipinski definition) is 1. The number of carbonyl (C=O) groups is 1. The van der Waals surface area contributed by atoms with Gasteiger partial charge < -0.3 is 9.88 Å². The molecule has 118 valence electrons. The SMILES string of the molecule is CCn1c(C(=O)Nc2cc(Cl)ccc2Cl)c(C)c2ccccc21. The highest BCUT2D eigenvalue weighted by molar-refractivity contribution is 6.36. The molecule has 0 aliphatic rings. The number of aryl methyl sites for hydroxylation is 2. The summed E-state index contributed by atoms with van der Waals surface area (Å²) in [4.78, 5) is 12.8. The number of rotatable bonds is 3. The Morgan fingerprint density at radius 3 is 2.65 bits per heavy atom. The van der Waals surface area contributed by atoms with Gasteiger partial charge in [0, 0.05) is 22.5 Å². The number of fused-ring (bicyclic) bond motifs is 1. The van der Waals surface area contributed by atoms with Crippen molar-refractivity contribution in [1.29, 1.82) is 0 Å². The van der Waals surface area contributed by atoms with Crippen molar-refractivity contribution in [3.05, 3.63) is 63.8 Å². The van der Waals surface area contributed by atoms with Gasteiger partial charge >= 0.3 is 0 Å². The molecule has 0 radical (unpaired) electrons. The zero-order valence-corrected chi connectivity index (χ0v) is 14.4. The van der Waals surface area contributed by atoms with Crippen LogP contribution in [0.15, 0.2) is 42.5 Å². The Morgan fingerprint density at radius 2 is 1.91 bits per heavy atom. The fraction of sp³-hybridized carbons (Fsp3) is 0.167. The summed E-state index contributed by atoms with van der Waals surface area (Å²) in [7, 11) is 0. The van der Waals surface area contributed by atoms with Crippen LogP contribution in [0.1, 0.15) is 23.0 Å². The first-order valence-corrected chi connectivity index (χ1v) is 8.12. The summed E-state index contributed by atoms with van der Waals surface area (Å²) in [6.45, 7) is 4.69. The van der Waals surface area contributed by atoms with Crippen molar-refractivity contribution in [2.24, 2.45) is 0 Å². The largest absolute Gasteiger partial charge is 0.337 e. The first-order valence-electron chi connectivity index (χ1n) is 7.37. The maximum atomic E-state index is 12.8. The van der Waals surface area contributed by atoms with E-state index in [9.17, 15) is 4.79 Å². The van der Waals surface area contributed by atoms with E-state index in [4.69, 9.17) is 23.2 Å². The quantitative estimate of drug-likeness (QED) is 0.664. The lowest BCUT2D eigenvalue weighted by atomic mass is 10.1. The van der Waals surface area contributed by atoms with Crippen LogP contribution in [-0.4, -0.2) is 10.5 Å². The molecule has 5 heteroatoms. The van der Waals surface area contributed by atoms with Gasteiger partial charge in [-0.2, -0.15) is 0 Å². The molecule has 3 nitrogen and oxygen atoms in total. The van der Waals surface area contributed by atoms with Crippen LogP contribution in [0.25, 0.3) is 10.9 Å². The molecule has 1 N–H and O–H groups in total. The zero-order valence-electron chi connectivity index (χ0n) is 12.9. The van der Waals surface area contributed by atoms with Gasteiger partial charge in [-0.25, -0.2) is 0 Å². The summed E-state index contributed by atoms with van der Waals surface area (Å²) in [6.07, 6.45) is 0. The van der Waals surface area contributed by atoms with Crippen LogP contribution in [0.4, 0.5) is 5.69 Å². The average molecular weight is 347 g/mol. The minimum atomic E-state index is -0.190. The standard InChI is InChI=1S/C18H16Cl2N2O/c1-3-22-16-7-5-4-6-13(16)11(2)17(22)18(23)21-15-10-12(19)8-9-14(15)20/h4-10H,3H2,1-2H3,(H,21,23). The van der Waals surface area contributed by atoms with Crippen LogP contribution in [0.3, 0.4) is 0 Å². The Balaban J connectivity index is 2.07. The van der Waals surface area contributed by atoms with Crippen LogP contribution < -0.4 is 5.32 Å². The van der Waals surface area contributed by atoms with E-state index in [-0.39, 0.29) is 5.91 Å². The van der Waals surface area contributed by atoms with E-state index in [1.54, 1.807) is 18.2 Å². The molecule has 23 heavy (non-hydrogen) atoms. The molecule has 2 aromatic carbocycles. The van der Waals surface area contributed by atoms with Gasteiger partial charge in [-0.15, -0.1) is 0 Å². The van der Waals surface area contributed by atoms with Crippen LogP contribution in [-0.2, 0) is 6.54 Å². The molecule has 0 aliphatic heterocycles. The third-order valence-corrected chi connectivity index (χ3v) is 4.50. The highest BCUT2D eigenvalue weighted by Crippen LogP contribution is 2.29. The molecule has 0 atom stereocenters. The monoisotopic (exact) mass is 346 g/mol. The van der Waals surface area contributed by atoms with Crippen molar-refractivity contribution >= 4 is 45.7 Å². The topological polar surface area (TPSA) is 34.0 Å². The number of amides is 1. The Hall–Kier alpha value is -1.97. The summed E-state index contributed by atoms with van der Waals surface area (Å²) < 4.78 is 2.01. The van der Waals surface area contributed by atoms with E-state index in [0.717, 1.165) is 16.5 Å². The average Bonchev–Trinajstić information content (AvgIpc) is 2.83. The number of para-hydroxylation sites is 1. The lowest BCUT2D eigenvalue weighted by Crippen LogP contribution is -2.18. The number of anilines is 1. The summed E-state index contributed by atoms with van der Waals surface area (Å²) in [5, 5.41) is 4.93. The van der Waals surface area contributed by atoms with Crippen LogP contribution >= 0.6 is 23.2 Å². The Bertz CT molecular complexity index is 899. The van der Waals surface area contributed by atoms with E-state index in [2.05, 4.69) is 5.32 Å². The second kappa shape index (κ2) is 6.26. The highest BCUT2D eigenvalue weighted by Gasteiger charge is 2.20. The van der Waals surface area contributed by atoms with Gasteiger partial charge in [-0.1, -0.05) is 41.4 Å². The summed E-state index contributed by atoms with van der Waals surface area (Å²) in [5.74, 6) is -0.190. The zero-order chi connectivity index (χ0) is 16.6. The fourth-order valence-corrected chi connectivity index (χ4v) is 3.21. The molecule has 0 bridgehead atoms. The molecule has 1 heterocycles. The van der Waals surface area contributed by atoms with Crippen molar-refractivity contribution in [3.63, 3.8) is 0 Å². The Kier molecular flexibility index (Phi) is 4.33. The first-order chi connectivity index (χ1) is 11.0. The van der Waals surface area contributed by atoms with Crippen molar-refractivity contribution in [2.75, 3.05) is 5.32 Å². The third kappa shape index (κ3) is 2.82. The van der Waals surface area contributed by atoms with Crippen molar-refractivity contribution < 1.29 is 4.79 Å². The van der Waals surface area contributed by atoms with E-state index >= 15 is 0 Å². The minimum absolute atomic E-state index is 0.190. The van der Waals surface area contributed by atoms with Crippen LogP contribution in [0, 0.1) is 6.92 Å². The van der Waals surface area contributed by atoms with Crippen LogP contribution in [0.2, 0.25) is 10.0 Å². The Labute approximate surface area is 144 Å². The van der Waals surface area contributed by atoms with E-state index < -0.39 is 0 Å². The van der Waals surface area contributed by atoms with Crippen LogP contribution in [0.5, 0.6) is 0 Å². The van der Waals surface area contributed by atoms with Gasteiger partial charge in [-0.3, -0.25) is 4.79 Å². The van der Waals surface area contributed by atoms with Gasteiger partial charge in [0.15, 0.2) is 0 Å².